The molecule has 1 atom stereocenters. The molecule has 2 heterocycles. The number of anilines is 2. The molecule has 0 radical (unpaired) electrons. The Morgan fingerprint density at radius 3 is 2.53 bits per heavy atom. The topological polar surface area (TPSA) is 86.8 Å². The Kier molecular flexibility index (Phi) is 5.81. The number of fused-ring (bicyclic) bond motifs is 1. The van der Waals surface area contributed by atoms with Crippen LogP contribution in [0.2, 0.25) is 5.02 Å². The number of carbonyl (C=O) groups excluding carboxylic acids is 2. The van der Waals surface area contributed by atoms with E-state index in [-0.39, 0.29) is 23.3 Å². The van der Waals surface area contributed by atoms with Gasteiger partial charge in [-0.15, -0.1) is 0 Å². The van der Waals surface area contributed by atoms with Crippen molar-refractivity contribution in [3.8, 4) is 0 Å². The van der Waals surface area contributed by atoms with E-state index < -0.39 is 21.4 Å². The summed E-state index contributed by atoms with van der Waals surface area (Å²) in [4.78, 5) is 27.0. The van der Waals surface area contributed by atoms with Gasteiger partial charge in [0.1, 0.15) is 0 Å². The van der Waals surface area contributed by atoms with Crippen LogP contribution in [0.3, 0.4) is 0 Å². The highest BCUT2D eigenvalue weighted by Crippen LogP contribution is 2.42. The van der Waals surface area contributed by atoms with Crippen LogP contribution in [0.25, 0.3) is 0 Å². The molecular weight excluding hydrogens is 450 g/mol. The molecule has 9 heteroatoms. The number of benzene rings is 2. The number of likely N-dealkylation sites (N-methyl/N-ethyl adjacent to an activating group) is 1. The highest BCUT2D eigenvalue weighted by molar-refractivity contribution is 7.89. The SMILES string of the molecule is CN1C(=O)C(C)(C)c2cc(S(=O)(=O)N3CCC[C@@H](C(=O)Nc4ccc(Cl)cc4)C3)ccc21. The fourth-order valence-corrected chi connectivity index (χ4v) is 6.09. The number of hydrogen-bond acceptors (Lipinski definition) is 4. The molecule has 7 nitrogen and oxygen atoms in total. The van der Waals surface area contributed by atoms with Crippen LogP contribution in [0.15, 0.2) is 47.4 Å². The van der Waals surface area contributed by atoms with Crippen LogP contribution in [-0.2, 0) is 25.0 Å². The first kappa shape index (κ1) is 22.8. The zero-order chi connectivity index (χ0) is 23.3. The Labute approximate surface area is 193 Å². The van der Waals surface area contributed by atoms with Crippen LogP contribution in [0, 0.1) is 5.92 Å². The van der Waals surface area contributed by atoms with Gasteiger partial charge >= 0.3 is 0 Å². The van der Waals surface area contributed by atoms with Crippen molar-refractivity contribution in [3.63, 3.8) is 0 Å². The second-order valence-electron chi connectivity index (χ2n) is 8.87. The standard InChI is InChI=1S/C23H26ClN3O4S/c1-23(2)19-13-18(10-11-20(19)26(3)22(23)29)32(30,31)27-12-4-5-15(14-27)21(28)25-17-8-6-16(24)7-9-17/h6-11,13,15H,4-5,12,14H2,1-3H3,(H,25,28)/t15-/m1/s1. The smallest absolute Gasteiger partial charge is 0.243 e. The summed E-state index contributed by atoms with van der Waals surface area (Å²) in [6.45, 7) is 4.06. The van der Waals surface area contributed by atoms with Crippen molar-refractivity contribution in [2.75, 3.05) is 30.4 Å². The van der Waals surface area contributed by atoms with Gasteiger partial charge in [-0.25, -0.2) is 8.42 Å². The van der Waals surface area contributed by atoms with Gasteiger partial charge in [0.2, 0.25) is 21.8 Å². The number of nitrogens with zero attached hydrogens (tertiary/aromatic N) is 2. The molecule has 0 unspecified atom stereocenters. The summed E-state index contributed by atoms with van der Waals surface area (Å²) >= 11 is 5.89. The molecule has 2 aliphatic heterocycles. The molecule has 1 N–H and O–H groups in total. The molecule has 0 bridgehead atoms. The van der Waals surface area contributed by atoms with Gasteiger partial charge in [0, 0.05) is 36.5 Å². The minimum atomic E-state index is -3.81. The van der Waals surface area contributed by atoms with E-state index in [1.165, 1.54) is 10.4 Å². The number of sulfonamides is 1. The van der Waals surface area contributed by atoms with Crippen molar-refractivity contribution < 1.29 is 18.0 Å². The predicted octanol–water partition coefficient (Wildman–Crippen LogP) is 3.63. The summed E-state index contributed by atoms with van der Waals surface area (Å²) in [5.74, 6) is -0.735. The van der Waals surface area contributed by atoms with Crippen LogP contribution < -0.4 is 10.2 Å². The van der Waals surface area contributed by atoms with Crippen molar-refractivity contribution in [1.29, 1.82) is 0 Å². The van der Waals surface area contributed by atoms with Gasteiger partial charge in [-0.2, -0.15) is 4.31 Å². The molecule has 170 valence electrons. The van der Waals surface area contributed by atoms with Gasteiger partial charge in [0.25, 0.3) is 0 Å². The average molecular weight is 476 g/mol. The number of piperidine rings is 1. The third-order valence-corrected chi connectivity index (χ3v) is 8.46. The number of halogens is 1. The van der Waals surface area contributed by atoms with Crippen molar-refractivity contribution in [3.05, 3.63) is 53.1 Å². The quantitative estimate of drug-likeness (QED) is 0.731. The largest absolute Gasteiger partial charge is 0.326 e. The number of amides is 2. The highest BCUT2D eigenvalue weighted by atomic mass is 35.5. The van der Waals surface area contributed by atoms with E-state index >= 15 is 0 Å². The minimum Gasteiger partial charge on any atom is -0.326 e. The summed E-state index contributed by atoms with van der Waals surface area (Å²) in [6.07, 6.45) is 1.21. The number of hydrogen-bond donors (Lipinski definition) is 1. The van der Waals surface area contributed by atoms with E-state index in [1.54, 1.807) is 62.2 Å². The lowest BCUT2D eigenvalue weighted by atomic mass is 9.86. The zero-order valence-corrected chi connectivity index (χ0v) is 19.8. The first-order chi connectivity index (χ1) is 15.0. The van der Waals surface area contributed by atoms with Crippen molar-refractivity contribution in [2.24, 2.45) is 5.92 Å². The summed E-state index contributed by atoms with van der Waals surface area (Å²) < 4.78 is 28.2. The lowest BCUT2D eigenvalue weighted by Crippen LogP contribution is -2.43. The van der Waals surface area contributed by atoms with Gasteiger partial charge < -0.3 is 10.2 Å². The molecule has 2 aliphatic rings. The van der Waals surface area contributed by atoms with Crippen molar-refractivity contribution in [2.45, 2.75) is 37.0 Å². The second kappa shape index (κ2) is 8.17. The Hall–Kier alpha value is -2.42. The third-order valence-electron chi connectivity index (χ3n) is 6.35. The Bertz CT molecular complexity index is 1180. The number of rotatable bonds is 4. The van der Waals surface area contributed by atoms with Crippen LogP contribution in [0.4, 0.5) is 11.4 Å². The van der Waals surface area contributed by atoms with Gasteiger partial charge in [-0.05, 0) is 74.7 Å². The summed E-state index contributed by atoms with van der Waals surface area (Å²) in [6, 6.07) is 11.6. The molecule has 0 aliphatic carbocycles. The zero-order valence-electron chi connectivity index (χ0n) is 18.3. The summed E-state index contributed by atoms with van der Waals surface area (Å²) in [5.41, 5.74) is 1.24. The third kappa shape index (κ3) is 3.91. The maximum Gasteiger partial charge on any atom is 0.243 e. The highest BCUT2D eigenvalue weighted by Gasteiger charge is 2.43. The molecule has 0 spiro atoms. The Morgan fingerprint density at radius 1 is 1.16 bits per heavy atom. The first-order valence-corrected chi connectivity index (χ1v) is 12.3. The fourth-order valence-electron chi connectivity index (χ4n) is 4.41. The van der Waals surface area contributed by atoms with Crippen LogP contribution in [0.5, 0.6) is 0 Å². The van der Waals surface area contributed by atoms with E-state index in [9.17, 15) is 18.0 Å². The van der Waals surface area contributed by atoms with Crippen LogP contribution in [0.1, 0.15) is 32.3 Å². The fraction of sp³-hybridized carbons (Fsp3) is 0.391. The molecule has 1 fully saturated rings. The number of carbonyl (C=O) groups is 2. The molecule has 32 heavy (non-hydrogen) atoms. The van der Waals surface area contributed by atoms with E-state index in [0.29, 0.717) is 35.7 Å². The van der Waals surface area contributed by atoms with Gasteiger partial charge in [-0.1, -0.05) is 11.6 Å². The molecular formula is C23H26ClN3O4S. The van der Waals surface area contributed by atoms with E-state index in [0.717, 1.165) is 5.69 Å². The van der Waals surface area contributed by atoms with Crippen LogP contribution >= 0.6 is 11.6 Å². The molecule has 0 aromatic heterocycles. The van der Waals surface area contributed by atoms with Crippen molar-refractivity contribution >= 4 is 44.8 Å². The lowest BCUT2D eigenvalue weighted by molar-refractivity contribution is -0.122. The summed E-state index contributed by atoms with van der Waals surface area (Å²) in [5, 5.41) is 3.42. The Balaban J connectivity index is 1.54. The molecule has 0 saturated carbocycles. The molecule has 4 rings (SSSR count). The normalized spacial score (nSPS) is 20.8. The van der Waals surface area contributed by atoms with Gasteiger partial charge in [0.15, 0.2) is 0 Å². The Morgan fingerprint density at radius 2 is 1.84 bits per heavy atom. The maximum absolute atomic E-state index is 13.4. The second-order valence-corrected chi connectivity index (χ2v) is 11.2. The lowest BCUT2D eigenvalue weighted by Gasteiger charge is -2.31. The van der Waals surface area contributed by atoms with Gasteiger partial charge in [0.05, 0.1) is 16.2 Å². The summed E-state index contributed by atoms with van der Waals surface area (Å²) in [7, 11) is -2.11. The van der Waals surface area contributed by atoms with Crippen molar-refractivity contribution in [1.82, 2.24) is 4.31 Å². The van der Waals surface area contributed by atoms with Crippen LogP contribution in [-0.4, -0.2) is 44.7 Å². The van der Waals surface area contributed by atoms with E-state index in [4.69, 9.17) is 11.6 Å². The molecule has 2 aromatic rings. The predicted molar refractivity (Wildman–Crippen MR) is 124 cm³/mol. The molecule has 1 saturated heterocycles. The maximum atomic E-state index is 13.4. The molecule has 2 aromatic carbocycles. The molecule has 2 amide bonds. The van der Waals surface area contributed by atoms with E-state index in [2.05, 4.69) is 5.32 Å². The monoisotopic (exact) mass is 475 g/mol. The average Bonchev–Trinajstić information content (AvgIpc) is 2.95. The first-order valence-electron chi connectivity index (χ1n) is 10.5. The minimum absolute atomic E-state index is 0.0704. The van der Waals surface area contributed by atoms with E-state index in [1.807, 2.05) is 0 Å². The number of nitrogens with one attached hydrogen (secondary N) is 1. The van der Waals surface area contributed by atoms with Gasteiger partial charge in [-0.3, -0.25) is 9.59 Å².